The molecule has 0 bridgehead atoms. The molecule has 3 N–H and O–H groups in total. The van der Waals surface area contributed by atoms with Crippen LogP contribution in [0.1, 0.15) is 43.7 Å². The molecule has 1 unspecified atom stereocenters. The molecule has 0 radical (unpaired) electrons. The molecule has 3 aromatic rings. The second kappa shape index (κ2) is 8.65. The number of pyridine rings is 1. The largest absolute Gasteiger partial charge is 0.387 e. The smallest absolute Gasteiger partial charge is 0.255 e. The van der Waals surface area contributed by atoms with E-state index in [9.17, 15) is 14.3 Å². The lowest BCUT2D eigenvalue weighted by Gasteiger charge is -2.22. The van der Waals surface area contributed by atoms with Crippen molar-refractivity contribution in [2.24, 2.45) is 0 Å². The van der Waals surface area contributed by atoms with E-state index in [2.05, 4.69) is 25.7 Å². The van der Waals surface area contributed by atoms with E-state index >= 15 is 0 Å². The van der Waals surface area contributed by atoms with Crippen molar-refractivity contribution in [1.82, 2.24) is 24.9 Å². The van der Waals surface area contributed by atoms with Crippen LogP contribution >= 0.6 is 0 Å². The molecular weight excluding hydrogens is 401 g/mol. The average molecular weight is 425 g/mol. The molecule has 0 aliphatic carbocycles. The number of aliphatic hydroxyl groups is 1. The van der Waals surface area contributed by atoms with Gasteiger partial charge in [0, 0.05) is 17.8 Å². The molecule has 0 aliphatic heterocycles. The van der Waals surface area contributed by atoms with Gasteiger partial charge in [-0.15, -0.1) is 0 Å². The van der Waals surface area contributed by atoms with Crippen LogP contribution in [0.3, 0.4) is 0 Å². The summed E-state index contributed by atoms with van der Waals surface area (Å²) in [7, 11) is 0. The van der Waals surface area contributed by atoms with E-state index in [-0.39, 0.29) is 18.2 Å². The topological polar surface area (TPSA) is 128 Å². The molecule has 162 valence electrons. The SMILES string of the molecule is CC(C)Nc1c(C(=O)NCC(F)C(C)(C)O)cnn2cc(-c3ccc(C#N)nc3)nc12. The predicted molar refractivity (Wildman–Crippen MR) is 113 cm³/mol. The number of aromatic nitrogens is 4. The van der Waals surface area contributed by atoms with Crippen molar-refractivity contribution in [1.29, 1.82) is 5.26 Å². The molecule has 0 saturated carbocycles. The van der Waals surface area contributed by atoms with Crippen molar-refractivity contribution in [2.75, 3.05) is 11.9 Å². The first-order valence-corrected chi connectivity index (χ1v) is 9.76. The summed E-state index contributed by atoms with van der Waals surface area (Å²) in [5.74, 6) is -0.533. The molecule has 0 saturated heterocycles. The zero-order valence-corrected chi connectivity index (χ0v) is 17.7. The molecule has 1 amide bonds. The fourth-order valence-corrected chi connectivity index (χ4v) is 2.82. The number of halogens is 1. The van der Waals surface area contributed by atoms with Gasteiger partial charge >= 0.3 is 0 Å². The van der Waals surface area contributed by atoms with Crippen molar-refractivity contribution < 1.29 is 14.3 Å². The Morgan fingerprint density at radius 3 is 2.68 bits per heavy atom. The molecule has 0 aromatic carbocycles. The highest BCUT2D eigenvalue weighted by Gasteiger charge is 2.27. The molecule has 0 aliphatic rings. The summed E-state index contributed by atoms with van der Waals surface area (Å²) in [5.41, 5.74) is 1.06. The number of rotatable bonds is 7. The van der Waals surface area contributed by atoms with Gasteiger partial charge in [-0.25, -0.2) is 18.9 Å². The van der Waals surface area contributed by atoms with Crippen LogP contribution in [0.15, 0.2) is 30.7 Å². The minimum Gasteiger partial charge on any atom is -0.387 e. The van der Waals surface area contributed by atoms with Crippen LogP contribution in [0, 0.1) is 11.3 Å². The molecule has 3 rings (SSSR count). The first kappa shape index (κ1) is 22.1. The van der Waals surface area contributed by atoms with Gasteiger partial charge in [0.25, 0.3) is 5.91 Å². The zero-order valence-electron chi connectivity index (χ0n) is 17.7. The highest BCUT2D eigenvalue weighted by Crippen LogP contribution is 2.26. The van der Waals surface area contributed by atoms with Crippen LogP contribution in [-0.2, 0) is 0 Å². The zero-order chi connectivity index (χ0) is 22.8. The highest BCUT2D eigenvalue weighted by molar-refractivity contribution is 6.02. The Labute approximate surface area is 178 Å². The van der Waals surface area contributed by atoms with Crippen LogP contribution in [0.5, 0.6) is 0 Å². The van der Waals surface area contributed by atoms with Crippen molar-refractivity contribution >= 4 is 17.2 Å². The van der Waals surface area contributed by atoms with Gasteiger partial charge in [0.15, 0.2) is 5.65 Å². The number of nitrogens with zero attached hydrogens (tertiary/aromatic N) is 5. The van der Waals surface area contributed by atoms with Crippen LogP contribution in [0.25, 0.3) is 16.9 Å². The molecular formula is C21H24FN7O2. The molecule has 0 fully saturated rings. The maximum Gasteiger partial charge on any atom is 0.255 e. The summed E-state index contributed by atoms with van der Waals surface area (Å²) in [6.45, 7) is 6.17. The summed E-state index contributed by atoms with van der Waals surface area (Å²) in [6, 6.07) is 5.27. The van der Waals surface area contributed by atoms with Gasteiger partial charge in [-0.3, -0.25) is 4.79 Å². The second-order valence-electron chi connectivity index (χ2n) is 8.00. The van der Waals surface area contributed by atoms with Gasteiger partial charge in [-0.1, -0.05) is 0 Å². The lowest BCUT2D eigenvalue weighted by atomic mass is 10.0. The van der Waals surface area contributed by atoms with Gasteiger partial charge < -0.3 is 15.7 Å². The maximum absolute atomic E-state index is 14.1. The third-order valence-corrected chi connectivity index (χ3v) is 4.55. The number of carbonyl (C=O) groups excluding carboxylic acids is 1. The molecule has 31 heavy (non-hydrogen) atoms. The Kier molecular flexibility index (Phi) is 6.17. The van der Waals surface area contributed by atoms with Crippen molar-refractivity contribution in [3.05, 3.63) is 42.0 Å². The van der Waals surface area contributed by atoms with E-state index in [0.717, 1.165) is 0 Å². The Bertz CT molecular complexity index is 1130. The fraction of sp³-hybridized carbons (Fsp3) is 0.381. The minimum absolute atomic E-state index is 0.0141. The number of anilines is 1. The molecule has 9 nitrogen and oxygen atoms in total. The summed E-state index contributed by atoms with van der Waals surface area (Å²) >= 11 is 0. The Morgan fingerprint density at radius 1 is 1.35 bits per heavy atom. The number of amides is 1. The predicted octanol–water partition coefficient (Wildman–Crippen LogP) is 2.32. The molecule has 10 heteroatoms. The summed E-state index contributed by atoms with van der Waals surface area (Å²) in [5, 5.41) is 28.6. The molecule has 3 heterocycles. The van der Waals surface area contributed by atoms with Gasteiger partial charge in [0.05, 0.1) is 41.5 Å². The van der Waals surface area contributed by atoms with E-state index in [1.54, 1.807) is 24.5 Å². The quantitative estimate of drug-likeness (QED) is 0.530. The van der Waals surface area contributed by atoms with Crippen LogP contribution in [-0.4, -0.2) is 55.0 Å². The highest BCUT2D eigenvalue weighted by atomic mass is 19.1. The lowest BCUT2D eigenvalue weighted by Crippen LogP contribution is -2.42. The minimum atomic E-state index is -1.63. The molecule has 3 aromatic heterocycles. The first-order chi connectivity index (χ1) is 14.6. The number of fused-ring (bicyclic) bond motifs is 1. The number of hydrogen-bond acceptors (Lipinski definition) is 7. The number of carbonyl (C=O) groups is 1. The third kappa shape index (κ3) is 4.95. The Morgan fingerprint density at radius 2 is 2.10 bits per heavy atom. The standard InChI is InChI=1S/C21H24FN7O2/c1-12(2)27-18-15(20(30)25-10-17(22)21(3,4)31)9-26-29-11-16(28-19(18)29)13-5-6-14(7-23)24-8-13/h5-6,8-9,11-12,17,27,31H,10H2,1-4H3,(H,25,30). The Hall–Kier alpha value is -3.58. The fourth-order valence-electron chi connectivity index (χ4n) is 2.82. The van der Waals surface area contributed by atoms with E-state index in [1.807, 2.05) is 19.9 Å². The second-order valence-corrected chi connectivity index (χ2v) is 8.00. The number of hydrogen-bond donors (Lipinski definition) is 3. The first-order valence-electron chi connectivity index (χ1n) is 9.76. The van der Waals surface area contributed by atoms with Crippen molar-refractivity contribution in [3.8, 4) is 17.3 Å². The summed E-state index contributed by atoms with van der Waals surface area (Å²) in [4.78, 5) is 21.4. The van der Waals surface area contributed by atoms with Crippen molar-refractivity contribution in [3.63, 3.8) is 0 Å². The summed E-state index contributed by atoms with van der Waals surface area (Å²) in [6.07, 6.45) is 2.99. The lowest BCUT2D eigenvalue weighted by molar-refractivity contribution is -0.00177. The van der Waals surface area contributed by atoms with Gasteiger partial charge in [0.2, 0.25) is 0 Å². The number of nitrogens with one attached hydrogen (secondary N) is 2. The van der Waals surface area contributed by atoms with Crippen LogP contribution < -0.4 is 10.6 Å². The number of alkyl halides is 1. The van der Waals surface area contributed by atoms with E-state index in [1.165, 1.54) is 24.6 Å². The van der Waals surface area contributed by atoms with Crippen LogP contribution in [0.2, 0.25) is 0 Å². The number of nitriles is 1. The monoisotopic (exact) mass is 425 g/mol. The maximum atomic E-state index is 14.1. The van der Waals surface area contributed by atoms with Crippen molar-refractivity contribution in [2.45, 2.75) is 45.5 Å². The summed E-state index contributed by atoms with van der Waals surface area (Å²) < 4.78 is 15.6. The van der Waals surface area contributed by atoms with Gasteiger partial charge in [-0.2, -0.15) is 10.4 Å². The van der Waals surface area contributed by atoms with Crippen LogP contribution in [0.4, 0.5) is 10.1 Å². The van der Waals surface area contributed by atoms with Gasteiger partial charge in [0.1, 0.15) is 17.9 Å². The Balaban J connectivity index is 1.98. The third-order valence-electron chi connectivity index (χ3n) is 4.55. The molecule has 0 spiro atoms. The average Bonchev–Trinajstić information content (AvgIpc) is 3.15. The number of imidazole rings is 1. The van der Waals surface area contributed by atoms with Gasteiger partial charge in [-0.05, 0) is 39.8 Å². The van der Waals surface area contributed by atoms with E-state index in [4.69, 9.17) is 5.26 Å². The van der Waals surface area contributed by atoms with E-state index < -0.39 is 17.7 Å². The normalized spacial score (nSPS) is 12.6. The molecule has 1 atom stereocenters. The van der Waals surface area contributed by atoms with E-state index in [0.29, 0.717) is 28.3 Å².